The molecule has 0 spiro atoms. The molecule has 0 bridgehead atoms. The summed E-state index contributed by atoms with van der Waals surface area (Å²) in [6, 6.07) is 6.00. The first kappa shape index (κ1) is 11.9. The standard InChI is InChI=1S/C13H20O2/c1-9(2)12-7-6-11(14-5)8-13(12)15-10(3)4/h6-10H,1-5H3. The van der Waals surface area contributed by atoms with Crippen molar-refractivity contribution >= 4 is 0 Å². The molecule has 0 N–H and O–H groups in total. The molecule has 0 aliphatic rings. The van der Waals surface area contributed by atoms with Crippen molar-refractivity contribution in [1.82, 2.24) is 0 Å². The van der Waals surface area contributed by atoms with Crippen molar-refractivity contribution in [2.45, 2.75) is 39.7 Å². The zero-order valence-electron chi connectivity index (χ0n) is 10.2. The number of hydrogen-bond donors (Lipinski definition) is 0. The second kappa shape index (κ2) is 5.06. The first-order valence-electron chi connectivity index (χ1n) is 5.39. The molecule has 0 radical (unpaired) electrons. The first-order valence-corrected chi connectivity index (χ1v) is 5.39. The summed E-state index contributed by atoms with van der Waals surface area (Å²) in [5, 5.41) is 0. The fraction of sp³-hybridized carbons (Fsp3) is 0.538. The van der Waals surface area contributed by atoms with Crippen LogP contribution in [0.4, 0.5) is 0 Å². The fourth-order valence-corrected chi connectivity index (χ4v) is 1.47. The van der Waals surface area contributed by atoms with Crippen molar-refractivity contribution in [1.29, 1.82) is 0 Å². The fourth-order valence-electron chi connectivity index (χ4n) is 1.47. The number of benzene rings is 1. The number of ether oxygens (including phenoxy) is 2. The molecule has 0 aliphatic carbocycles. The molecule has 15 heavy (non-hydrogen) atoms. The van der Waals surface area contributed by atoms with E-state index in [1.54, 1.807) is 7.11 Å². The van der Waals surface area contributed by atoms with E-state index in [4.69, 9.17) is 9.47 Å². The van der Waals surface area contributed by atoms with Crippen LogP contribution < -0.4 is 9.47 Å². The third-order valence-electron chi connectivity index (χ3n) is 2.21. The Kier molecular flexibility index (Phi) is 4.01. The van der Waals surface area contributed by atoms with E-state index in [-0.39, 0.29) is 6.10 Å². The molecule has 1 aromatic rings. The summed E-state index contributed by atoms with van der Waals surface area (Å²) in [6.45, 7) is 8.39. The van der Waals surface area contributed by atoms with E-state index in [2.05, 4.69) is 19.9 Å². The van der Waals surface area contributed by atoms with Gasteiger partial charge >= 0.3 is 0 Å². The largest absolute Gasteiger partial charge is 0.497 e. The van der Waals surface area contributed by atoms with E-state index in [9.17, 15) is 0 Å². The summed E-state index contributed by atoms with van der Waals surface area (Å²) >= 11 is 0. The molecule has 0 amide bonds. The van der Waals surface area contributed by atoms with Gasteiger partial charge in [-0.25, -0.2) is 0 Å². The first-order chi connectivity index (χ1) is 7.04. The Morgan fingerprint density at radius 1 is 1.07 bits per heavy atom. The van der Waals surface area contributed by atoms with Gasteiger partial charge in [0.1, 0.15) is 11.5 Å². The number of rotatable bonds is 4. The molecule has 1 rings (SSSR count). The summed E-state index contributed by atoms with van der Waals surface area (Å²) in [4.78, 5) is 0. The van der Waals surface area contributed by atoms with Gasteiger partial charge in [-0.2, -0.15) is 0 Å². The van der Waals surface area contributed by atoms with Gasteiger partial charge in [-0.3, -0.25) is 0 Å². The average molecular weight is 208 g/mol. The highest BCUT2D eigenvalue weighted by atomic mass is 16.5. The minimum Gasteiger partial charge on any atom is -0.497 e. The molecule has 2 nitrogen and oxygen atoms in total. The average Bonchev–Trinajstić information content (AvgIpc) is 2.16. The normalized spacial score (nSPS) is 10.9. The molecule has 0 saturated heterocycles. The van der Waals surface area contributed by atoms with Gasteiger partial charge in [-0.05, 0) is 31.4 Å². The van der Waals surface area contributed by atoms with Gasteiger partial charge in [0.25, 0.3) is 0 Å². The summed E-state index contributed by atoms with van der Waals surface area (Å²) in [6.07, 6.45) is 0.189. The van der Waals surface area contributed by atoms with Gasteiger partial charge in [0, 0.05) is 6.07 Å². The predicted molar refractivity (Wildman–Crippen MR) is 62.8 cm³/mol. The summed E-state index contributed by atoms with van der Waals surface area (Å²) < 4.78 is 11.0. The van der Waals surface area contributed by atoms with Gasteiger partial charge in [0.15, 0.2) is 0 Å². The smallest absolute Gasteiger partial charge is 0.126 e. The van der Waals surface area contributed by atoms with Gasteiger partial charge in [0.05, 0.1) is 13.2 Å². The third-order valence-corrected chi connectivity index (χ3v) is 2.21. The van der Waals surface area contributed by atoms with E-state index in [0.717, 1.165) is 11.5 Å². The highest BCUT2D eigenvalue weighted by molar-refractivity contribution is 5.42. The van der Waals surface area contributed by atoms with Crippen molar-refractivity contribution in [3.63, 3.8) is 0 Å². The topological polar surface area (TPSA) is 18.5 Å². The van der Waals surface area contributed by atoms with Crippen LogP contribution in [0.25, 0.3) is 0 Å². The van der Waals surface area contributed by atoms with Crippen LogP contribution in [-0.2, 0) is 0 Å². The number of methoxy groups -OCH3 is 1. The van der Waals surface area contributed by atoms with Crippen molar-refractivity contribution < 1.29 is 9.47 Å². The molecule has 0 aliphatic heterocycles. The van der Waals surface area contributed by atoms with Gasteiger partial charge in [-0.15, -0.1) is 0 Å². The second-order valence-corrected chi connectivity index (χ2v) is 4.23. The lowest BCUT2D eigenvalue weighted by atomic mass is 10.0. The Morgan fingerprint density at radius 3 is 2.20 bits per heavy atom. The molecule has 0 aromatic heterocycles. The summed E-state index contributed by atoms with van der Waals surface area (Å²) in [7, 11) is 1.67. The van der Waals surface area contributed by atoms with Crippen LogP contribution in [0.1, 0.15) is 39.2 Å². The van der Waals surface area contributed by atoms with E-state index < -0.39 is 0 Å². The van der Waals surface area contributed by atoms with Crippen LogP contribution in [0, 0.1) is 0 Å². The zero-order valence-corrected chi connectivity index (χ0v) is 10.2. The lowest BCUT2D eigenvalue weighted by molar-refractivity contribution is 0.238. The van der Waals surface area contributed by atoms with Crippen molar-refractivity contribution in [2.75, 3.05) is 7.11 Å². The molecule has 1 aromatic carbocycles. The second-order valence-electron chi connectivity index (χ2n) is 4.23. The highest BCUT2D eigenvalue weighted by Gasteiger charge is 2.10. The van der Waals surface area contributed by atoms with E-state index in [0.29, 0.717) is 5.92 Å². The molecule has 0 saturated carbocycles. The van der Waals surface area contributed by atoms with Gasteiger partial charge in [-0.1, -0.05) is 19.9 Å². The maximum atomic E-state index is 5.77. The Morgan fingerprint density at radius 2 is 1.73 bits per heavy atom. The molecule has 0 fully saturated rings. The lowest BCUT2D eigenvalue weighted by Gasteiger charge is -2.17. The quantitative estimate of drug-likeness (QED) is 0.752. The van der Waals surface area contributed by atoms with E-state index >= 15 is 0 Å². The highest BCUT2D eigenvalue weighted by Crippen LogP contribution is 2.30. The van der Waals surface area contributed by atoms with Crippen LogP contribution >= 0.6 is 0 Å². The van der Waals surface area contributed by atoms with Crippen molar-refractivity contribution in [2.24, 2.45) is 0 Å². The third kappa shape index (κ3) is 3.15. The van der Waals surface area contributed by atoms with Crippen LogP contribution in [0.3, 0.4) is 0 Å². The maximum absolute atomic E-state index is 5.77. The summed E-state index contributed by atoms with van der Waals surface area (Å²) in [5.41, 5.74) is 1.23. The van der Waals surface area contributed by atoms with Gasteiger partial charge in [0.2, 0.25) is 0 Å². The van der Waals surface area contributed by atoms with Gasteiger partial charge < -0.3 is 9.47 Å². The minimum absolute atomic E-state index is 0.189. The maximum Gasteiger partial charge on any atom is 0.126 e. The van der Waals surface area contributed by atoms with Crippen molar-refractivity contribution in [3.05, 3.63) is 23.8 Å². The van der Waals surface area contributed by atoms with Crippen molar-refractivity contribution in [3.8, 4) is 11.5 Å². The predicted octanol–water partition coefficient (Wildman–Crippen LogP) is 3.61. The zero-order chi connectivity index (χ0) is 11.4. The molecule has 0 heterocycles. The Bertz CT molecular complexity index is 316. The van der Waals surface area contributed by atoms with E-state index in [1.165, 1.54) is 5.56 Å². The van der Waals surface area contributed by atoms with Crippen LogP contribution in [0.2, 0.25) is 0 Å². The molecular weight excluding hydrogens is 188 g/mol. The van der Waals surface area contributed by atoms with Crippen LogP contribution in [0.5, 0.6) is 11.5 Å². The Hall–Kier alpha value is -1.18. The Balaban J connectivity index is 3.05. The summed E-state index contributed by atoms with van der Waals surface area (Å²) in [5.74, 6) is 2.24. The minimum atomic E-state index is 0.189. The molecule has 2 heteroatoms. The lowest BCUT2D eigenvalue weighted by Crippen LogP contribution is -2.08. The Labute approximate surface area is 92.2 Å². The van der Waals surface area contributed by atoms with Crippen LogP contribution in [-0.4, -0.2) is 13.2 Å². The van der Waals surface area contributed by atoms with E-state index in [1.807, 2.05) is 26.0 Å². The monoisotopic (exact) mass is 208 g/mol. The SMILES string of the molecule is COc1ccc(C(C)C)c(OC(C)C)c1. The molecule has 0 atom stereocenters. The number of hydrogen-bond acceptors (Lipinski definition) is 2. The molecule has 0 unspecified atom stereocenters. The van der Waals surface area contributed by atoms with Crippen LogP contribution in [0.15, 0.2) is 18.2 Å². The molecule has 84 valence electrons. The molecular formula is C13H20O2.